The fourth-order valence-corrected chi connectivity index (χ4v) is 6.61. The highest BCUT2D eigenvalue weighted by atomic mass is 19.1. The second-order valence-corrected chi connectivity index (χ2v) is 14.4. The number of halogens is 4. The Morgan fingerprint density at radius 2 is 1.13 bits per heavy atom. The Morgan fingerprint density at radius 1 is 0.698 bits per heavy atom. The molecule has 4 aromatic rings. The van der Waals surface area contributed by atoms with Gasteiger partial charge in [-0.2, -0.15) is 0 Å². The zero-order chi connectivity index (χ0) is 38.3. The molecule has 53 heavy (non-hydrogen) atoms. The molecule has 2 aliphatic rings. The summed E-state index contributed by atoms with van der Waals surface area (Å²) in [4.78, 5) is 30.4. The van der Waals surface area contributed by atoms with E-state index >= 15 is 0 Å². The van der Waals surface area contributed by atoms with Crippen LogP contribution in [0.4, 0.5) is 22.4 Å². The van der Waals surface area contributed by atoms with Crippen LogP contribution in [0, 0.1) is 28.7 Å². The largest absolute Gasteiger partial charge is 0.395 e. The summed E-state index contributed by atoms with van der Waals surface area (Å²) in [5.41, 5.74) is 3.10. The number of benzene rings is 4. The third-order valence-electron chi connectivity index (χ3n) is 9.33. The molecule has 6 nitrogen and oxygen atoms in total. The second-order valence-electron chi connectivity index (χ2n) is 14.4. The first-order valence-electron chi connectivity index (χ1n) is 17.6. The van der Waals surface area contributed by atoms with E-state index in [-0.39, 0.29) is 61.1 Å². The quantitative estimate of drug-likeness (QED) is 0.203. The highest BCUT2D eigenvalue weighted by molar-refractivity contribution is 5.85. The number of carbonyl (C=O) groups excluding carboxylic acids is 2. The molecule has 0 fully saturated rings. The number of likely N-dealkylation sites (N-methyl/N-ethyl adjacent to an activating group) is 1. The van der Waals surface area contributed by atoms with Crippen LogP contribution in [0.25, 0.3) is 11.1 Å². The third-order valence-corrected chi connectivity index (χ3v) is 9.33. The smallest absolute Gasteiger partial charge is 0.320 e. The van der Waals surface area contributed by atoms with E-state index in [1.807, 2.05) is 93.6 Å². The van der Waals surface area contributed by atoms with E-state index < -0.39 is 28.7 Å². The van der Waals surface area contributed by atoms with E-state index in [2.05, 4.69) is 0 Å². The molecule has 3 amide bonds. The van der Waals surface area contributed by atoms with Crippen molar-refractivity contribution in [3.8, 4) is 0 Å². The van der Waals surface area contributed by atoms with Crippen molar-refractivity contribution >= 4 is 23.1 Å². The van der Waals surface area contributed by atoms with E-state index in [1.54, 1.807) is 16.8 Å². The maximum Gasteiger partial charge on any atom is 0.320 e. The summed E-state index contributed by atoms with van der Waals surface area (Å²) in [6.45, 7) is 7.09. The number of amides is 3. The van der Waals surface area contributed by atoms with Crippen molar-refractivity contribution in [2.45, 2.75) is 32.6 Å². The van der Waals surface area contributed by atoms with Gasteiger partial charge in [0.15, 0.2) is 0 Å². The van der Waals surface area contributed by atoms with Crippen molar-refractivity contribution in [3.05, 3.63) is 155 Å². The average molecular weight is 728 g/mol. The summed E-state index contributed by atoms with van der Waals surface area (Å²) in [7, 11) is 1.61. The molecule has 4 aromatic carbocycles. The van der Waals surface area contributed by atoms with Crippen molar-refractivity contribution in [2.75, 3.05) is 46.4 Å². The highest BCUT2D eigenvalue weighted by Crippen LogP contribution is 2.34. The standard InChI is InChI=1S/C22H23F2NO.C21H22F2N2O2/c1-22(2,3)21(26)25-13-16(15-7-5-4-6-8-15)11-17(14-25)19-12-18(23)9-10-20(19)24;1-24(9-10-26)21(27)25-13-16(15-5-3-2-4-6-15)11-17(14-25)19-12-18(22)7-8-20(19)23/h4-12,16H,13-14H2,1-3H3;2-8,11-12,16,26H,9-10,13-14H2,1H3. The van der Waals surface area contributed by atoms with Gasteiger partial charge in [-0.25, -0.2) is 22.4 Å². The van der Waals surface area contributed by atoms with Crippen molar-refractivity contribution < 1.29 is 32.3 Å². The van der Waals surface area contributed by atoms with Gasteiger partial charge in [-0.15, -0.1) is 0 Å². The van der Waals surface area contributed by atoms with Crippen LogP contribution >= 0.6 is 0 Å². The SMILES string of the molecule is CC(C)(C)C(=O)N1CC(c2cc(F)ccc2F)=CC(c2ccccc2)C1.CN(CCO)C(=O)N1CC(c2cc(F)ccc2F)=CC(c2ccccc2)C1. The van der Waals surface area contributed by atoms with E-state index in [1.165, 1.54) is 11.0 Å². The first kappa shape index (κ1) is 39.0. The van der Waals surface area contributed by atoms with Crippen LogP contribution in [0.15, 0.2) is 109 Å². The van der Waals surface area contributed by atoms with Crippen molar-refractivity contribution in [2.24, 2.45) is 5.41 Å². The molecule has 6 rings (SSSR count). The molecule has 0 radical (unpaired) electrons. The minimum absolute atomic E-state index is 0.000780. The van der Waals surface area contributed by atoms with Gasteiger partial charge in [0.2, 0.25) is 5.91 Å². The summed E-state index contributed by atoms with van der Waals surface area (Å²) in [5, 5.41) is 9.10. The van der Waals surface area contributed by atoms with E-state index in [4.69, 9.17) is 5.11 Å². The number of carbonyl (C=O) groups is 2. The Hall–Kier alpha value is -5.22. The number of hydrogen-bond acceptors (Lipinski definition) is 3. The van der Waals surface area contributed by atoms with Crippen molar-refractivity contribution in [3.63, 3.8) is 0 Å². The second kappa shape index (κ2) is 17.1. The van der Waals surface area contributed by atoms with E-state index in [0.29, 0.717) is 24.2 Å². The molecule has 0 saturated heterocycles. The van der Waals surface area contributed by atoms with Gasteiger partial charge in [0, 0.05) is 68.1 Å². The van der Waals surface area contributed by atoms with E-state index in [9.17, 15) is 27.2 Å². The van der Waals surface area contributed by atoms with Gasteiger partial charge in [0.05, 0.1) is 6.61 Å². The topological polar surface area (TPSA) is 64.1 Å². The third kappa shape index (κ3) is 9.81. The summed E-state index contributed by atoms with van der Waals surface area (Å²) in [6, 6.07) is 25.9. The Bertz CT molecular complexity index is 1960. The van der Waals surface area contributed by atoms with Crippen molar-refractivity contribution in [1.82, 2.24) is 14.7 Å². The first-order valence-corrected chi connectivity index (χ1v) is 17.6. The molecule has 2 unspecified atom stereocenters. The van der Waals surface area contributed by atoms with Crippen LogP contribution < -0.4 is 0 Å². The molecule has 0 saturated carbocycles. The van der Waals surface area contributed by atoms with Crippen LogP contribution in [-0.4, -0.2) is 78.1 Å². The van der Waals surface area contributed by atoms with Gasteiger partial charge in [-0.05, 0) is 58.7 Å². The molecule has 0 bridgehead atoms. The predicted molar refractivity (Wildman–Crippen MR) is 200 cm³/mol. The molecule has 0 spiro atoms. The lowest BCUT2D eigenvalue weighted by atomic mass is 9.87. The maximum atomic E-state index is 14.3. The van der Waals surface area contributed by atoms with Gasteiger partial charge in [0.25, 0.3) is 0 Å². The summed E-state index contributed by atoms with van der Waals surface area (Å²) in [6.07, 6.45) is 3.86. The Kier molecular flexibility index (Phi) is 12.6. The number of rotatable bonds is 6. The van der Waals surface area contributed by atoms with Gasteiger partial charge < -0.3 is 19.8 Å². The Balaban J connectivity index is 0.000000204. The Morgan fingerprint density at radius 3 is 1.57 bits per heavy atom. The maximum absolute atomic E-state index is 14.3. The fourth-order valence-electron chi connectivity index (χ4n) is 6.61. The number of aliphatic hydroxyl groups excluding tert-OH is 1. The molecule has 0 aromatic heterocycles. The van der Waals surface area contributed by atoms with Crippen LogP contribution in [0.1, 0.15) is 54.9 Å². The zero-order valence-corrected chi connectivity index (χ0v) is 30.4. The first-order chi connectivity index (χ1) is 25.2. The van der Waals surface area contributed by atoms with Gasteiger partial charge >= 0.3 is 6.03 Å². The molecule has 10 heteroatoms. The van der Waals surface area contributed by atoms with Crippen LogP contribution in [0.2, 0.25) is 0 Å². The predicted octanol–water partition coefficient (Wildman–Crippen LogP) is 8.51. The number of urea groups is 1. The van der Waals surface area contributed by atoms with Gasteiger partial charge in [-0.3, -0.25) is 4.79 Å². The van der Waals surface area contributed by atoms with Gasteiger partial charge in [0.1, 0.15) is 23.3 Å². The minimum atomic E-state index is -0.538. The molecule has 2 atom stereocenters. The lowest BCUT2D eigenvalue weighted by molar-refractivity contribution is -0.139. The summed E-state index contributed by atoms with van der Waals surface area (Å²) < 4.78 is 56.1. The fraction of sp³-hybridized carbons (Fsp3) is 0.302. The van der Waals surface area contributed by atoms with E-state index in [0.717, 1.165) is 41.5 Å². The lowest BCUT2D eigenvalue weighted by Crippen LogP contribution is -2.46. The molecule has 1 N–H and O–H groups in total. The van der Waals surface area contributed by atoms with Crippen molar-refractivity contribution in [1.29, 1.82) is 0 Å². The summed E-state index contributed by atoms with van der Waals surface area (Å²) in [5.74, 6) is -2.21. The van der Waals surface area contributed by atoms with Crippen LogP contribution in [0.3, 0.4) is 0 Å². The molecule has 2 aliphatic heterocycles. The summed E-state index contributed by atoms with van der Waals surface area (Å²) >= 11 is 0. The number of hydrogen-bond donors (Lipinski definition) is 1. The zero-order valence-electron chi connectivity index (χ0n) is 30.4. The Labute approximate surface area is 308 Å². The molecule has 278 valence electrons. The highest BCUT2D eigenvalue weighted by Gasteiger charge is 2.33. The normalized spacial score (nSPS) is 17.3. The monoisotopic (exact) mass is 727 g/mol. The molecular formula is C43H45F4N3O3. The van der Waals surface area contributed by atoms with Gasteiger partial charge in [-0.1, -0.05) is 93.6 Å². The molecule has 0 aliphatic carbocycles. The molecular weight excluding hydrogens is 682 g/mol. The average Bonchev–Trinajstić information content (AvgIpc) is 3.16. The number of aliphatic hydroxyl groups is 1. The number of nitrogens with zero attached hydrogens (tertiary/aromatic N) is 3. The van der Waals surface area contributed by atoms with Crippen LogP contribution in [-0.2, 0) is 4.79 Å². The minimum Gasteiger partial charge on any atom is -0.395 e. The lowest BCUT2D eigenvalue weighted by Gasteiger charge is -2.36. The van der Waals surface area contributed by atoms with Crippen LogP contribution in [0.5, 0.6) is 0 Å². The molecule has 2 heterocycles.